The molecule has 2 atom stereocenters. The van der Waals surface area contributed by atoms with Gasteiger partial charge in [-0.05, 0) is 57.0 Å². The Balaban J connectivity index is 1.46. The number of nitrogens with one attached hydrogen (secondary N) is 3. The molecule has 1 amide bonds. The summed E-state index contributed by atoms with van der Waals surface area (Å²) >= 11 is 0. The highest BCUT2D eigenvalue weighted by atomic mass is 16.2. The van der Waals surface area contributed by atoms with Crippen molar-refractivity contribution >= 4 is 11.6 Å². The molecule has 0 spiro atoms. The molecule has 4 heterocycles. The second-order valence-electron chi connectivity index (χ2n) is 8.19. The van der Waals surface area contributed by atoms with Crippen LogP contribution in [0.5, 0.6) is 0 Å². The van der Waals surface area contributed by atoms with Crippen molar-refractivity contribution in [2.24, 2.45) is 4.99 Å². The van der Waals surface area contributed by atoms with Gasteiger partial charge in [0.25, 0.3) is 5.91 Å². The van der Waals surface area contributed by atoms with Crippen molar-refractivity contribution in [2.75, 3.05) is 13.1 Å². The lowest BCUT2D eigenvalue weighted by Gasteiger charge is -2.22. The van der Waals surface area contributed by atoms with Crippen molar-refractivity contribution in [1.82, 2.24) is 25.7 Å². The number of hydrogen-bond acceptors (Lipinski definition) is 5. The molecule has 5 rings (SSSR count). The number of benzene rings is 1. The number of carbonyl (C=O) groups is 1. The van der Waals surface area contributed by atoms with Crippen LogP contribution in [0.15, 0.2) is 35.6 Å². The predicted molar refractivity (Wildman–Crippen MR) is 108 cm³/mol. The minimum atomic E-state index is -0.106. The lowest BCUT2D eigenvalue weighted by Crippen LogP contribution is -2.37. The zero-order chi connectivity index (χ0) is 19.3. The number of nitrogens with zero attached hydrogens (tertiary/aromatic N) is 3. The molecule has 2 fully saturated rings. The van der Waals surface area contributed by atoms with Gasteiger partial charge in [-0.2, -0.15) is 5.10 Å². The molecule has 1 aromatic carbocycles. The number of amides is 1. The number of fused-ring (bicyclic) bond motifs is 3. The lowest BCUT2D eigenvalue weighted by atomic mass is 9.93. The first-order chi connectivity index (χ1) is 13.6. The van der Waals surface area contributed by atoms with E-state index in [9.17, 15) is 4.79 Å². The third-order valence-electron chi connectivity index (χ3n) is 5.72. The summed E-state index contributed by atoms with van der Waals surface area (Å²) < 4.78 is 2.09. The Morgan fingerprint density at radius 2 is 2.07 bits per heavy atom. The number of carbonyl (C=O) groups excluding carboxylic acids is 1. The van der Waals surface area contributed by atoms with Crippen LogP contribution in [0.2, 0.25) is 0 Å². The minimum Gasteiger partial charge on any atom is -0.349 e. The molecule has 146 valence electrons. The van der Waals surface area contributed by atoms with E-state index in [-0.39, 0.29) is 24.2 Å². The average Bonchev–Trinajstić information content (AvgIpc) is 3.32. The van der Waals surface area contributed by atoms with E-state index in [0.29, 0.717) is 11.8 Å². The van der Waals surface area contributed by atoms with Crippen molar-refractivity contribution in [3.8, 4) is 11.1 Å². The molecular weight excluding hydrogens is 352 g/mol. The maximum absolute atomic E-state index is 12.7. The summed E-state index contributed by atoms with van der Waals surface area (Å²) in [5.41, 5.74) is 4.77. The van der Waals surface area contributed by atoms with Crippen LogP contribution in [0.3, 0.4) is 0 Å². The van der Waals surface area contributed by atoms with Gasteiger partial charge < -0.3 is 10.6 Å². The highest BCUT2D eigenvalue weighted by Gasteiger charge is 2.44. The van der Waals surface area contributed by atoms with Crippen molar-refractivity contribution in [3.05, 3.63) is 41.7 Å². The predicted octanol–water partition coefficient (Wildman–Crippen LogP) is 1.77. The maximum Gasteiger partial charge on any atom is 0.270 e. The van der Waals surface area contributed by atoms with Gasteiger partial charge in [0, 0.05) is 23.4 Å². The van der Waals surface area contributed by atoms with E-state index in [1.807, 2.05) is 20.0 Å². The van der Waals surface area contributed by atoms with Gasteiger partial charge >= 0.3 is 0 Å². The van der Waals surface area contributed by atoms with Crippen molar-refractivity contribution in [2.45, 2.75) is 51.0 Å². The van der Waals surface area contributed by atoms with E-state index in [2.05, 4.69) is 55.1 Å². The summed E-state index contributed by atoms with van der Waals surface area (Å²) in [6, 6.07) is 7.11. The Morgan fingerprint density at radius 3 is 2.86 bits per heavy atom. The third kappa shape index (κ3) is 3.14. The standard InChI is InChI=1S/C21H26N6O/c1-12(2)24-21(28)19-17-9-13(3-4-16(17)18-20(25-18)26-19)14-10-23-27(11-14)15-5-7-22-8-6-15/h3-4,9-12,15,18,20,22,25H,5-8H2,1-2H3,(H,24,28)/t18?,20-/m1/s1. The van der Waals surface area contributed by atoms with E-state index < -0.39 is 0 Å². The third-order valence-corrected chi connectivity index (χ3v) is 5.72. The average molecular weight is 378 g/mol. The fourth-order valence-electron chi connectivity index (χ4n) is 4.19. The van der Waals surface area contributed by atoms with Gasteiger partial charge in [-0.25, -0.2) is 0 Å². The maximum atomic E-state index is 12.7. The summed E-state index contributed by atoms with van der Waals surface area (Å²) in [6.07, 6.45) is 6.30. The Labute approximate surface area is 164 Å². The topological polar surface area (TPSA) is 93.2 Å². The van der Waals surface area contributed by atoms with Gasteiger partial charge in [-0.15, -0.1) is 0 Å². The van der Waals surface area contributed by atoms with Gasteiger partial charge in [0.2, 0.25) is 0 Å². The quantitative estimate of drug-likeness (QED) is 0.707. The zero-order valence-electron chi connectivity index (χ0n) is 16.3. The molecule has 0 aliphatic carbocycles. The van der Waals surface area contributed by atoms with Crippen LogP contribution in [0.4, 0.5) is 0 Å². The second-order valence-corrected chi connectivity index (χ2v) is 8.19. The van der Waals surface area contributed by atoms with Crippen molar-refractivity contribution < 1.29 is 4.79 Å². The van der Waals surface area contributed by atoms with Crippen LogP contribution < -0.4 is 16.0 Å². The normalized spacial score (nSPS) is 23.8. The summed E-state index contributed by atoms with van der Waals surface area (Å²) in [5.74, 6) is -0.106. The van der Waals surface area contributed by atoms with E-state index >= 15 is 0 Å². The fourth-order valence-corrected chi connectivity index (χ4v) is 4.19. The number of piperidine rings is 1. The van der Waals surface area contributed by atoms with Gasteiger partial charge in [0.05, 0.1) is 18.3 Å². The number of hydrogen-bond donors (Lipinski definition) is 3. The van der Waals surface area contributed by atoms with Crippen LogP contribution in [0, 0.1) is 0 Å². The van der Waals surface area contributed by atoms with E-state index in [0.717, 1.165) is 48.2 Å². The fraction of sp³-hybridized carbons (Fsp3) is 0.476. The highest BCUT2D eigenvalue weighted by Crippen LogP contribution is 2.39. The van der Waals surface area contributed by atoms with Crippen LogP contribution in [0.25, 0.3) is 11.1 Å². The van der Waals surface area contributed by atoms with Gasteiger partial charge in [-0.3, -0.25) is 19.8 Å². The SMILES string of the molecule is CC(C)NC(=O)C1=N[C@H]2NC2c2ccc(-c3cnn(C4CCNCC4)c3)cc21. The highest BCUT2D eigenvalue weighted by molar-refractivity contribution is 6.46. The van der Waals surface area contributed by atoms with E-state index in [1.165, 1.54) is 0 Å². The summed E-state index contributed by atoms with van der Waals surface area (Å²) in [5, 5.41) is 14.3. The molecule has 3 N–H and O–H groups in total. The molecule has 3 aliphatic rings. The number of aromatic nitrogens is 2. The second kappa shape index (κ2) is 6.83. The van der Waals surface area contributed by atoms with Crippen LogP contribution >= 0.6 is 0 Å². The molecule has 2 saturated heterocycles. The molecule has 2 aromatic rings. The summed E-state index contributed by atoms with van der Waals surface area (Å²) in [7, 11) is 0. The first-order valence-corrected chi connectivity index (χ1v) is 10.1. The molecule has 1 aromatic heterocycles. The van der Waals surface area contributed by atoms with Gasteiger partial charge in [-0.1, -0.05) is 12.1 Å². The van der Waals surface area contributed by atoms with Crippen molar-refractivity contribution in [3.63, 3.8) is 0 Å². The molecule has 1 unspecified atom stereocenters. The van der Waals surface area contributed by atoms with E-state index in [1.54, 1.807) is 0 Å². The molecule has 28 heavy (non-hydrogen) atoms. The molecule has 0 radical (unpaired) electrons. The zero-order valence-corrected chi connectivity index (χ0v) is 16.3. The Bertz CT molecular complexity index is 940. The van der Waals surface area contributed by atoms with Crippen LogP contribution in [0.1, 0.15) is 49.9 Å². The lowest BCUT2D eigenvalue weighted by molar-refractivity contribution is -0.115. The van der Waals surface area contributed by atoms with Crippen molar-refractivity contribution in [1.29, 1.82) is 0 Å². The van der Waals surface area contributed by atoms with Crippen LogP contribution in [-0.4, -0.2) is 46.7 Å². The molecule has 7 heteroatoms. The number of aliphatic imine (C=N–C) groups is 1. The summed E-state index contributed by atoms with van der Waals surface area (Å²) in [4.78, 5) is 17.3. The van der Waals surface area contributed by atoms with Gasteiger partial charge in [0.1, 0.15) is 11.9 Å². The Kier molecular flexibility index (Phi) is 4.29. The molecule has 7 nitrogen and oxygen atoms in total. The van der Waals surface area contributed by atoms with Crippen LogP contribution in [-0.2, 0) is 4.79 Å². The first kappa shape index (κ1) is 17.6. The molecular formula is C21H26N6O. The van der Waals surface area contributed by atoms with E-state index in [4.69, 9.17) is 0 Å². The smallest absolute Gasteiger partial charge is 0.270 e. The largest absolute Gasteiger partial charge is 0.349 e. The monoisotopic (exact) mass is 378 g/mol. The van der Waals surface area contributed by atoms with Gasteiger partial charge in [0.15, 0.2) is 0 Å². The molecule has 3 aliphatic heterocycles. The Morgan fingerprint density at radius 1 is 1.25 bits per heavy atom. The molecule has 0 bridgehead atoms. The minimum absolute atomic E-state index is 0.0360. The molecule has 0 saturated carbocycles. The summed E-state index contributed by atoms with van der Waals surface area (Å²) in [6.45, 7) is 6.01. The Hall–Kier alpha value is -2.51. The first-order valence-electron chi connectivity index (χ1n) is 10.1. The number of rotatable bonds is 4.